The summed E-state index contributed by atoms with van der Waals surface area (Å²) in [6.45, 7) is 1.63. The van der Waals surface area contributed by atoms with Gasteiger partial charge in [0.05, 0.1) is 5.69 Å². The molecule has 2 aromatic heterocycles. The molecule has 2 heterocycles. The Labute approximate surface area is 134 Å². The number of fused-ring (bicyclic) bond motifs is 1. The molecule has 23 heavy (non-hydrogen) atoms. The van der Waals surface area contributed by atoms with Crippen LogP contribution in [-0.4, -0.2) is 20.5 Å². The van der Waals surface area contributed by atoms with E-state index in [1.54, 1.807) is 31.2 Å². The molecule has 7 heteroatoms. The second-order valence-electron chi connectivity index (χ2n) is 4.87. The molecule has 116 valence electrons. The molecule has 0 aliphatic heterocycles. The Morgan fingerprint density at radius 2 is 2.00 bits per heavy atom. The van der Waals surface area contributed by atoms with Gasteiger partial charge >= 0.3 is 5.97 Å². The Morgan fingerprint density at radius 3 is 2.65 bits per heavy atom. The lowest BCUT2D eigenvalue weighted by Gasteiger charge is -2.00. The van der Waals surface area contributed by atoms with Gasteiger partial charge in [-0.25, -0.2) is 14.2 Å². The summed E-state index contributed by atoms with van der Waals surface area (Å²) in [5.41, 5.74) is 1.33. The molecule has 0 unspecified atom stereocenters. The summed E-state index contributed by atoms with van der Waals surface area (Å²) in [5.74, 6) is -1.42. The lowest BCUT2D eigenvalue weighted by Crippen LogP contribution is -2.17. The number of hydrogen-bond acceptors (Lipinski definition) is 4. The fraction of sp³-hybridized carbons (Fsp3) is 0.0625. The van der Waals surface area contributed by atoms with Crippen molar-refractivity contribution in [2.75, 3.05) is 0 Å². The standard InChI is InChI=1S/C16H11FN2O3S/c1-9-12(7-4-10-2-5-11(17)6-3-10)18-16-19(14(9)20)8-13(23-16)15(21)22/h2-8H,1H3,(H,21,22)/b7-4+. The first kappa shape index (κ1) is 15.1. The minimum Gasteiger partial charge on any atom is -0.477 e. The lowest BCUT2D eigenvalue weighted by molar-refractivity contribution is 0.0701. The van der Waals surface area contributed by atoms with E-state index in [0.29, 0.717) is 16.2 Å². The van der Waals surface area contributed by atoms with Gasteiger partial charge in [-0.1, -0.05) is 29.5 Å². The van der Waals surface area contributed by atoms with Crippen LogP contribution in [-0.2, 0) is 0 Å². The maximum atomic E-state index is 12.9. The summed E-state index contributed by atoms with van der Waals surface area (Å²) in [5, 5.41) is 9.01. The Kier molecular flexibility index (Phi) is 3.79. The zero-order valence-corrected chi connectivity index (χ0v) is 12.8. The first-order chi connectivity index (χ1) is 11.0. The third-order valence-corrected chi connectivity index (χ3v) is 4.28. The van der Waals surface area contributed by atoms with E-state index in [0.717, 1.165) is 16.9 Å². The molecule has 0 amide bonds. The van der Waals surface area contributed by atoms with Crippen LogP contribution in [0.2, 0.25) is 0 Å². The molecule has 5 nitrogen and oxygen atoms in total. The molecule has 0 aliphatic carbocycles. The van der Waals surface area contributed by atoms with Gasteiger partial charge in [0.25, 0.3) is 5.56 Å². The van der Waals surface area contributed by atoms with Gasteiger partial charge in [0.15, 0.2) is 4.96 Å². The number of nitrogens with zero attached hydrogens (tertiary/aromatic N) is 2. The summed E-state index contributed by atoms with van der Waals surface area (Å²) >= 11 is 0.935. The molecular weight excluding hydrogens is 319 g/mol. The molecule has 3 aromatic rings. The predicted molar refractivity (Wildman–Crippen MR) is 86.4 cm³/mol. The van der Waals surface area contributed by atoms with Crippen molar-refractivity contribution in [3.8, 4) is 0 Å². The van der Waals surface area contributed by atoms with E-state index in [4.69, 9.17) is 5.11 Å². The molecule has 1 N–H and O–H groups in total. The smallest absolute Gasteiger partial charge is 0.347 e. The Hall–Kier alpha value is -2.80. The zero-order valence-electron chi connectivity index (χ0n) is 12.0. The molecule has 0 aliphatic rings. The second-order valence-corrected chi connectivity index (χ2v) is 5.87. The van der Waals surface area contributed by atoms with Gasteiger partial charge < -0.3 is 5.11 Å². The van der Waals surface area contributed by atoms with Gasteiger partial charge in [0.1, 0.15) is 10.7 Å². The van der Waals surface area contributed by atoms with E-state index in [-0.39, 0.29) is 16.3 Å². The normalized spacial score (nSPS) is 11.4. The van der Waals surface area contributed by atoms with Crippen LogP contribution in [0.5, 0.6) is 0 Å². The van der Waals surface area contributed by atoms with E-state index in [9.17, 15) is 14.0 Å². The highest BCUT2D eigenvalue weighted by Gasteiger charge is 2.13. The molecule has 0 saturated heterocycles. The molecule has 0 fully saturated rings. The molecule has 0 atom stereocenters. The SMILES string of the molecule is Cc1c(/C=C/c2ccc(F)cc2)nc2sc(C(=O)O)cn2c1=O. The van der Waals surface area contributed by atoms with Crippen molar-refractivity contribution >= 4 is 34.4 Å². The van der Waals surface area contributed by atoms with Gasteiger partial charge in [0.2, 0.25) is 0 Å². The van der Waals surface area contributed by atoms with Crippen LogP contribution in [0.3, 0.4) is 0 Å². The molecule has 0 spiro atoms. The molecule has 0 saturated carbocycles. The Bertz CT molecular complexity index is 987. The third-order valence-electron chi connectivity index (χ3n) is 3.31. The van der Waals surface area contributed by atoms with Crippen LogP contribution in [0.25, 0.3) is 17.1 Å². The number of aromatic nitrogens is 2. The highest BCUT2D eigenvalue weighted by atomic mass is 32.1. The monoisotopic (exact) mass is 330 g/mol. The van der Waals surface area contributed by atoms with E-state index < -0.39 is 5.97 Å². The minimum absolute atomic E-state index is 0.0497. The van der Waals surface area contributed by atoms with Crippen LogP contribution in [0.15, 0.2) is 35.3 Å². The van der Waals surface area contributed by atoms with Crippen molar-refractivity contribution in [1.82, 2.24) is 9.38 Å². The van der Waals surface area contributed by atoms with Crippen molar-refractivity contribution in [3.63, 3.8) is 0 Å². The van der Waals surface area contributed by atoms with Crippen LogP contribution in [0, 0.1) is 12.7 Å². The van der Waals surface area contributed by atoms with E-state index in [1.165, 1.54) is 22.7 Å². The summed E-state index contributed by atoms with van der Waals surface area (Å²) < 4.78 is 14.1. The number of carboxylic acids is 1. The first-order valence-electron chi connectivity index (χ1n) is 6.65. The number of halogens is 1. The Balaban J connectivity index is 2.07. The van der Waals surface area contributed by atoms with E-state index in [2.05, 4.69) is 4.98 Å². The fourth-order valence-corrected chi connectivity index (χ4v) is 2.88. The predicted octanol–water partition coefficient (Wildman–Crippen LogP) is 3.07. The lowest BCUT2D eigenvalue weighted by atomic mass is 10.1. The number of thiazole rings is 1. The summed E-state index contributed by atoms with van der Waals surface area (Å²) in [6, 6.07) is 5.91. The quantitative estimate of drug-likeness (QED) is 0.801. The second kappa shape index (κ2) is 5.77. The van der Waals surface area contributed by atoms with Crippen molar-refractivity contribution in [2.24, 2.45) is 0 Å². The summed E-state index contributed by atoms with van der Waals surface area (Å²) in [4.78, 5) is 28.0. The van der Waals surface area contributed by atoms with Crippen molar-refractivity contribution < 1.29 is 14.3 Å². The number of benzene rings is 1. The molecule has 1 aromatic carbocycles. The van der Waals surface area contributed by atoms with Crippen LogP contribution >= 0.6 is 11.3 Å². The van der Waals surface area contributed by atoms with Gasteiger partial charge in [-0.15, -0.1) is 0 Å². The number of carboxylic acid groups (broad SMARTS) is 1. The molecule has 0 radical (unpaired) electrons. The summed E-state index contributed by atoms with van der Waals surface area (Å²) in [6.07, 6.45) is 4.65. The molecule has 3 rings (SSSR count). The number of rotatable bonds is 3. The fourth-order valence-electron chi connectivity index (χ4n) is 2.06. The number of hydrogen-bond donors (Lipinski definition) is 1. The van der Waals surface area contributed by atoms with E-state index in [1.807, 2.05) is 0 Å². The van der Waals surface area contributed by atoms with Gasteiger partial charge in [-0.3, -0.25) is 9.20 Å². The average Bonchev–Trinajstić information content (AvgIpc) is 2.95. The van der Waals surface area contributed by atoms with Crippen LogP contribution in [0.4, 0.5) is 4.39 Å². The maximum absolute atomic E-state index is 12.9. The molecular formula is C16H11FN2O3S. The zero-order chi connectivity index (χ0) is 16.6. The van der Waals surface area contributed by atoms with Gasteiger partial charge in [-0.2, -0.15) is 0 Å². The third kappa shape index (κ3) is 2.91. The van der Waals surface area contributed by atoms with Crippen molar-refractivity contribution in [1.29, 1.82) is 0 Å². The van der Waals surface area contributed by atoms with Crippen LogP contribution < -0.4 is 5.56 Å². The molecule has 0 bridgehead atoms. The van der Waals surface area contributed by atoms with E-state index >= 15 is 0 Å². The maximum Gasteiger partial charge on any atom is 0.347 e. The largest absolute Gasteiger partial charge is 0.477 e. The van der Waals surface area contributed by atoms with Crippen molar-refractivity contribution in [3.05, 3.63) is 68.3 Å². The van der Waals surface area contributed by atoms with Crippen LogP contribution in [0.1, 0.15) is 26.5 Å². The van der Waals surface area contributed by atoms with Gasteiger partial charge in [0, 0.05) is 11.8 Å². The summed E-state index contributed by atoms with van der Waals surface area (Å²) in [7, 11) is 0. The average molecular weight is 330 g/mol. The first-order valence-corrected chi connectivity index (χ1v) is 7.47. The number of carbonyl (C=O) groups is 1. The highest BCUT2D eigenvalue weighted by Crippen LogP contribution is 2.17. The number of aromatic carboxylic acids is 1. The Morgan fingerprint density at radius 1 is 1.30 bits per heavy atom. The highest BCUT2D eigenvalue weighted by molar-refractivity contribution is 7.18. The van der Waals surface area contributed by atoms with Crippen molar-refractivity contribution in [2.45, 2.75) is 6.92 Å². The minimum atomic E-state index is -1.10. The topological polar surface area (TPSA) is 71.7 Å². The van der Waals surface area contributed by atoms with Gasteiger partial charge in [-0.05, 0) is 30.7 Å².